The fourth-order valence-corrected chi connectivity index (χ4v) is 9.14. The summed E-state index contributed by atoms with van der Waals surface area (Å²) in [5.74, 6) is 1.89. The fourth-order valence-electron chi connectivity index (χ4n) is 7.90. The van der Waals surface area contributed by atoms with Crippen LogP contribution in [0.4, 0.5) is 0 Å². The molecule has 0 radical (unpaired) electrons. The van der Waals surface area contributed by atoms with E-state index in [0.717, 1.165) is 40.5 Å². The molecule has 240 valence electrons. The zero-order valence-electron chi connectivity index (χ0n) is 27.5. The van der Waals surface area contributed by atoms with E-state index in [2.05, 4.69) is 143 Å². The van der Waals surface area contributed by atoms with Crippen molar-refractivity contribution in [2.45, 2.75) is 12.8 Å². The van der Waals surface area contributed by atoms with E-state index in [0.29, 0.717) is 17.6 Å². The topological polar surface area (TPSA) is 48.5 Å². The van der Waals surface area contributed by atoms with Gasteiger partial charge in [0.05, 0.1) is 26.8 Å². The lowest BCUT2D eigenvalue weighted by atomic mass is 10.1. The minimum absolute atomic E-state index is 0.605. The second kappa shape index (κ2) is 11.1. The average Bonchev–Trinajstić information content (AvgIpc) is 3.86. The quantitative estimate of drug-likeness (QED) is 0.187. The number of rotatable bonds is 4. The minimum Gasteiger partial charge on any atom is -0.310 e. The lowest BCUT2D eigenvalue weighted by Crippen LogP contribution is -2.06. The lowest BCUT2D eigenvalue weighted by Gasteiger charge is -2.13. The Morgan fingerprint density at radius 1 is 0.490 bits per heavy atom. The Hall–Kier alpha value is -6.37. The van der Waals surface area contributed by atoms with Gasteiger partial charge in [-0.3, -0.25) is 4.57 Å². The maximum atomic E-state index is 5.34. The zero-order chi connectivity index (χ0) is 33.5. The molecule has 10 aromatic rings. The van der Waals surface area contributed by atoms with Crippen molar-refractivity contribution in [3.63, 3.8) is 0 Å². The molecule has 11 rings (SSSR count). The number of fused-ring (bicyclic) bond motifs is 10. The van der Waals surface area contributed by atoms with Gasteiger partial charge in [0.1, 0.15) is 0 Å². The van der Waals surface area contributed by atoms with Crippen molar-refractivity contribution in [2.24, 2.45) is 0 Å². The fraction of sp³-hybridized carbons (Fsp3) is 0.0444. The van der Waals surface area contributed by atoms with Crippen LogP contribution >= 0.6 is 11.3 Å². The summed E-state index contributed by atoms with van der Waals surface area (Å²) < 4.78 is 7.14. The number of hydrogen-bond donors (Lipinski definition) is 0. The van der Waals surface area contributed by atoms with E-state index >= 15 is 0 Å². The van der Waals surface area contributed by atoms with Gasteiger partial charge in [-0.15, -0.1) is 11.3 Å². The highest BCUT2D eigenvalue weighted by atomic mass is 32.1. The van der Waals surface area contributed by atoms with Gasteiger partial charge < -0.3 is 4.57 Å². The Labute approximate surface area is 297 Å². The molecule has 0 saturated heterocycles. The van der Waals surface area contributed by atoms with E-state index in [-0.39, 0.29) is 0 Å². The summed E-state index contributed by atoms with van der Waals surface area (Å²) in [4.78, 5) is 15.8. The van der Waals surface area contributed by atoms with Crippen LogP contribution < -0.4 is 0 Å². The molecule has 4 aromatic heterocycles. The largest absolute Gasteiger partial charge is 0.310 e. The summed E-state index contributed by atoms with van der Waals surface area (Å²) in [6.07, 6.45) is 8.95. The highest BCUT2D eigenvalue weighted by Crippen LogP contribution is 2.43. The van der Waals surface area contributed by atoms with Crippen molar-refractivity contribution < 1.29 is 0 Å². The molecule has 0 unspecified atom stereocenters. The van der Waals surface area contributed by atoms with E-state index in [1.807, 2.05) is 29.5 Å². The Morgan fingerprint density at radius 2 is 1.14 bits per heavy atom. The molecule has 5 nitrogen and oxygen atoms in total. The number of nitrogens with zero attached hydrogens (tertiary/aromatic N) is 5. The molecule has 0 N–H and O–H groups in total. The first-order valence-electron chi connectivity index (χ1n) is 17.4. The molecule has 0 fully saturated rings. The second-order valence-electron chi connectivity index (χ2n) is 13.1. The van der Waals surface area contributed by atoms with Crippen molar-refractivity contribution in [3.8, 4) is 28.7 Å². The van der Waals surface area contributed by atoms with Gasteiger partial charge in [0, 0.05) is 53.8 Å². The van der Waals surface area contributed by atoms with Crippen LogP contribution in [0.3, 0.4) is 0 Å². The van der Waals surface area contributed by atoms with E-state index in [9.17, 15) is 0 Å². The third-order valence-corrected chi connectivity index (χ3v) is 11.4. The number of hydrogen-bond acceptors (Lipinski definition) is 4. The van der Waals surface area contributed by atoms with Crippen LogP contribution in [0.15, 0.2) is 152 Å². The van der Waals surface area contributed by atoms with Crippen LogP contribution in [0.5, 0.6) is 0 Å². The van der Waals surface area contributed by atoms with Crippen LogP contribution in [0.25, 0.3) is 98.2 Å². The smallest absolute Gasteiger partial charge is 0.238 e. The van der Waals surface area contributed by atoms with Gasteiger partial charge in [-0.1, -0.05) is 121 Å². The number of thiophene rings is 1. The Morgan fingerprint density at radius 3 is 1.94 bits per heavy atom. The Balaban J connectivity index is 1.22. The first kappa shape index (κ1) is 28.5. The SMILES string of the molecule is C1=CC(n2c3ccccc3c3ccc(-c4nc(-c5ccccc5)nc(-n5c6ccccc6c6ccc7c8ccccc8sc7c65)n4)cc32)=CCC1. The molecule has 0 aliphatic heterocycles. The second-order valence-corrected chi connectivity index (χ2v) is 14.2. The summed E-state index contributed by atoms with van der Waals surface area (Å²) in [5.41, 5.74) is 7.62. The van der Waals surface area contributed by atoms with Crippen LogP contribution in [-0.4, -0.2) is 24.1 Å². The minimum atomic E-state index is 0.605. The molecule has 6 aromatic carbocycles. The summed E-state index contributed by atoms with van der Waals surface area (Å²) in [6, 6.07) is 47.3. The van der Waals surface area contributed by atoms with E-state index in [1.165, 1.54) is 52.9 Å². The standard InChI is InChI=1S/C45H29N5S/c1-3-13-28(14-4-1)43-46-44(29-23-24-33-31-17-7-10-20-37(31)49(39(33)27-29)30-15-5-2-6-16-30)48-45(47-43)50-38-21-11-8-18-32(38)35-25-26-36-34-19-9-12-22-40(34)51-42(36)41(35)50/h1,3-5,7-27H,2,6H2. The highest BCUT2D eigenvalue weighted by molar-refractivity contribution is 7.26. The predicted molar refractivity (Wildman–Crippen MR) is 214 cm³/mol. The predicted octanol–water partition coefficient (Wildman–Crippen LogP) is 12.0. The van der Waals surface area contributed by atoms with Gasteiger partial charge in [0.2, 0.25) is 5.95 Å². The van der Waals surface area contributed by atoms with Gasteiger partial charge in [0.15, 0.2) is 11.6 Å². The molecule has 4 heterocycles. The van der Waals surface area contributed by atoms with Gasteiger partial charge in [0.25, 0.3) is 0 Å². The zero-order valence-corrected chi connectivity index (χ0v) is 28.3. The van der Waals surface area contributed by atoms with Gasteiger partial charge in [-0.05, 0) is 43.2 Å². The van der Waals surface area contributed by atoms with E-state index in [1.54, 1.807) is 0 Å². The average molecular weight is 672 g/mol. The summed E-state index contributed by atoms with van der Waals surface area (Å²) in [6.45, 7) is 0. The molecule has 1 aliphatic rings. The summed E-state index contributed by atoms with van der Waals surface area (Å²) in [7, 11) is 0. The van der Waals surface area contributed by atoms with Crippen molar-refractivity contribution in [3.05, 3.63) is 152 Å². The van der Waals surface area contributed by atoms with Crippen LogP contribution in [0.1, 0.15) is 12.8 Å². The van der Waals surface area contributed by atoms with Crippen molar-refractivity contribution in [1.29, 1.82) is 0 Å². The molecule has 0 spiro atoms. The maximum Gasteiger partial charge on any atom is 0.238 e. The van der Waals surface area contributed by atoms with Crippen LogP contribution in [0.2, 0.25) is 0 Å². The molecule has 0 atom stereocenters. The number of para-hydroxylation sites is 2. The Kier molecular flexibility index (Phi) is 6.18. The number of allylic oxidation sites excluding steroid dienone is 4. The molecular weight excluding hydrogens is 643 g/mol. The number of aromatic nitrogens is 5. The van der Waals surface area contributed by atoms with Crippen LogP contribution in [-0.2, 0) is 0 Å². The Bertz CT molecular complexity index is 3090. The molecule has 0 saturated carbocycles. The first-order valence-corrected chi connectivity index (χ1v) is 18.2. The van der Waals surface area contributed by atoms with Gasteiger partial charge in [-0.2, -0.15) is 9.97 Å². The highest BCUT2D eigenvalue weighted by Gasteiger charge is 2.22. The van der Waals surface area contributed by atoms with Gasteiger partial charge in [-0.25, -0.2) is 4.98 Å². The monoisotopic (exact) mass is 671 g/mol. The summed E-state index contributed by atoms with van der Waals surface area (Å²) in [5, 5.41) is 7.32. The first-order chi connectivity index (χ1) is 25.3. The van der Waals surface area contributed by atoms with E-state index in [4.69, 9.17) is 15.0 Å². The summed E-state index contributed by atoms with van der Waals surface area (Å²) >= 11 is 1.83. The van der Waals surface area contributed by atoms with Crippen molar-refractivity contribution in [2.75, 3.05) is 0 Å². The third-order valence-electron chi connectivity index (χ3n) is 10.2. The van der Waals surface area contributed by atoms with Crippen molar-refractivity contribution in [1.82, 2.24) is 24.1 Å². The number of benzene rings is 6. The molecule has 6 heteroatoms. The van der Waals surface area contributed by atoms with E-state index < -0.39 is 0 Å². The molecule has 1 aliphatic carbocycles. The molecule has 0 bridgehead atoms. The normalized spacial score (nSPS) is 13.4. The van der Waals surface area contributed by atoms with Gasteiger partial charge >= 0.3 is 0 Å². The molecule has 0 amide bonds. The maximum absolute atomic E-state index is 5.34. The lowest BCUT2D eigenvalue weighted by molar-refractivity contribution is 0.955. The van der Waals surface area contributed by atoms with Crippen molar-refractivity contribution >= 4 is 80.8 Å². The molecule has 51 heavy (non-hydrogen) atoms. The van der Waals surface area contributed by atoms with Crippen LogP contribution in [0, 0.1) is 0 Å². The molecular formula is C45H29N5S. The third kappa shape index (κ3) is 4.30.